The number of rotatable bonds is 3. The van der Waals surface area contributed by atoms with Gasteiger partial charge in [0, 0.05) is 18.9 Å². The van der Waals surface area contributed by atoms with Crippen molar-refractivity contribution >= 4 is 0 Å². The van der Waals surface area contributed by atoms with Crippen LogP contribution in [0, 0.1) is 6.92 Å². The molecule has 0 amide bonds. The van der Waals surface area contributed by atoms with Crippen LogP contribution in [0.25, 0.3) is 0 Å². The molecule has 0 atom stereocenters. The Kier molecular flexibility index (Phi) is 8.81. The summed E-state index contributed by atoms with van der Waals surface area (Å²) in [5.41, 5.74) is 5.36. The number of aryl methyl sites for hydroxylation is 2. The summed E-state index contributed by atoms with van der Waals surface area (Å²) in [5.74, 6) is 1.06. The van der Waals surface area contributed by atoms with Gasteiger partial charge in [-0.2, -0.15) is 0 Å². The van der Waals surface area contributed by atoms with Crippen molar-refractivity contribution in [3.05, 3.63) is 18.2 Å². The maximum Gasteiger partial charge on any atom is 0.105 e. The number of halogens is 2. The summed E-state index contributed by atoms with van der Waals surface area (Å²) >= 11 is 0. The highest BCUT2D eigenvalue weighted by Gasteiger charge is 1.93. The van der Waals surface area contributed by atoms with Crippen molar-refractivity contribution in [3.63, 3.8) is 0 Å². The maximum atomic E-state index is 5.36. The summed E-state index contributed by atoms with van der Waals surface area (Å²) in [6.07, 6.45) is 4.81. The van der Waals surface area contributed by atoms with E-state index in [9.17, 15) is 0 Å². The normalized spacial score (nSPS) is 8.50. The van der Waals surface area contributed by atoms with Gasteiger partial charge >= 0.3 is 0 Å². The molecule has 0 aliphatic heterocycles. The molecule has 1 rings (SSSR count). The van der Waals surface area contributed by atoms with Crippen molar-refractivity contribution in [3.8, 4) is 0 Å². The molecule has 12 heavy (non-hydrogen) atoms. The van der Waals surface area contributed by atoms with Crippen LogP contribution < -0.4 is 30.5 Å². The fourth-order valence-corrected chi connectivity index (χ4v) is 0.902. The second-order valence-corrected chi connectivity index (χ2v) is 2.31. The first kappa shape index (κ1) is 14.3. The lowest BCUT2D eigenvalue weighted by Gasteiger charge is -2.01. The molecule has 0 aliphatic rings. The summed E-state index contributed by atoms with van der Waals surface area (Å²) in [6, 6.07) is 0. The predicted octanol–water partition coefficient (Wildman–Crippen LogP) is -5.45. The molecule has 5 heteroatoms. The minimum atomic E-state index is 0. The summed E-state index contributed by atoms with van der Waals surface area (Å²) in [7, 11) is 0. The topological polar surface area (TPSA) is 43.8 Å². The van der Waals surface area contributed by atoms with E-state index in [-0.39, 0.29) is 24.8 Å². The van der Waals surface area contributed by atoms with Crippen LogP contribution in [0.5, 0.6) is 0 Å². The van der Waals surface area contributed by atoms with Crippen molar-refractivity contribution in [2.45, 2.75) is 19.9 Å². The fraction of sp³-hybridized carbons (Fsp3) is 0.571. The molecular formula is C7H13Cl2N3-2. The van der Waals surface area contributed by atoms with E-state index in [1.165, 1.54) is 0 Å². The summed E-state index contributed by atoms with van der Waals surface area (Å²) in [6.45, 7) is 3.73. The molecule has 0 saturated heterocycles. The molecule has 0 bridgehead atoms. The molecule has 0 aromatic carbocycles. The SMILES string of the molecule is Cc1nccn1CCCN.[Cl-].[Cl-]. The number of nitrogens with zero attached hydrogens (tertiary/aromatic N) is 2. The Hall–Kier alpha value is -0.250. The molecule has 0 radical (unpaired) electrons. The highest BCUT2D eigenvalue weighted by Crippen LogP contribution is 1.95. The van der Waals surface area contributed by atoms with Gasteiger partial charge in [-0.1, -0.05) is 0 Å². The van der Waals surface area contributed by atoms with Gasteiger partial charge in [-0.15, -0.1) is 0 Å². The van der Waals surface area contributed by atoms with E-state index >= 15 is 0 Å². The smallest absolute Gasteiger partial charge is 0.105 e. The monoisotopic (exact) mass is 209 g/mol. The minimum Gasteiger partial charge on any atom is -1.00 e. The van der Waals surface area contributed by atoms with E-state index in [0.717, 1.165) is 25.3 Å². The number of hydrogen-bond acceptors (Lipinski definition) is 2. The third-order valence-corrected chi connectivity index (χ3v) is 1.53. The van der Waals surface area contributed by atoms with E-state index in [0.29, 0.717) is 0 Å². The van der Waals surface area contributed by atoms with Gasteiger partial charge in [0.15, 0.2) is 0 Å². The van der Waals surface area contributed by atoms with Crippen LogP contribution in [0.4, 0.5) is 0 Å². The molecule has 0 fully saturated rings. The second-order valence-electron chi connectivity index (χ2n) is 2.31. The zero-order valence-electron chi connectivity index (χ0n) is 7.00. The third-order valence-electron chi connectivity index (χ3n) is 1.53. The first-order valence-corrected chi connectivity index (χ1v) is 3.52. The van der Waals surface area contributed by atoms with Crippen molar-refractivity contribution < 1.29 is 24.8 Å². The second kappa shape index (κ2) is 7.40. The van der Waals surface area contributed by atoms with Gasteiger partial charge in [-0.3, -0.25) is 0 Å². The van der Waals surface area contributed by atoms with E-state index < -0.39 is 0 Å². The zero-order chi connectivity index (χ0) is 7.40. The Morgan fingerprint density at radius 1 is 1.50 bits per heavy atom. The van der Waals surface area contributed by atoms with Crippen LogP contribution in [-0.2, 0) is 6.54 Å². The first-order chi connectivity index (χ1) is 4.84. The van der Waals surface area contributed by atoms with E-state index in [2.05, 4.69) is 9.55 Å². The molecular weight excluding hydrogens is 197 g/mol. The van der Waals surface area contributed by atoms with Crippen molar-refractivity contribution in [1.82, 2.24) is 9.55 Å². The van der Waals surface area contributed by atoms with Crippen molar-refractivity contribution in [2.75, 3.05) is 6.54 Å². The number of nitrogens with two attached hydrogens (primary N) is 1. The van der Waals surface area contributed by atoms with E-state index in [1.807, 2.05) is 19.3 Å². The Labute approximate surface area is 85.2 Å². The summed E-state index contributed by atoms with van der Waals surface area (Å²) < 4.78 is 2.10. The lowest BCUT2D eigenvalue weighted by atomic mass is 10.4. The fourth-order valence-electron chi connectivity index (χ4n) is 0.902. The average molecular weight is 210 g/mol. The quantitative estimate of drug-likeness (QED) is 0.541. The highest BCUT2D eigenvalue weighted by molar-refractivity contribution is 4.87. The van der Waals surface area contributed by atoms with Crippen molar-refractivity contribution in [2.24, 2.45) is 5.73 Å². The molecule has 3 nitrogen and oxygen atoms in total. The van der Waals surface area contributed by atoms with Crippen LogP contribution in [0.1, 0.15) is 12.2 Å². The first-order valence-electron chi connectivity index (χ1n) is 3.52. The maximum absolute atomic E-state index is 5.36. The summed E-state index contributed by atoms with van der Waals surface area (Å²) in [5, 5.41) is 0. The standard InChI is InChI=1S/C7H13N3.2ClH/c1-7-9-4-6-10(7)5-2-3-8;;/h4,6H,2-3,5,8H2,1H3;2*1H/p-2. The molecule has 2 N–H and O–H groups in total. The lowest BCUT2D eigenvalue weighted by Crippen LogP contribution is -3.00. The van der Waals surface area contributed by atoms with Crippen molar-refractivity contribution in [1.29, 1.82) is 0 Å². The molecule has 0 spiro atoms. The van der Waals surface area contributed by atoms with Gasteiger partial charge in [-0.25, -0.2) is 4.98 Å². The van der Waals surface area contributed by atoms with Crippen LogP contribution in [0.3, 0.4) is 0 Å². The average Bonchev–Trinajstić information content (AvgIpc) is 2.31. The number of aromatic nitrogens is 2. The Balaban J connectivity index is 0. The molecule has 72 valence electrons. The largest absolute Gasteiger partial charge is 1.00 e. The molecule has 0 aliphatic carbocycles. The van der Waals surface area contributed by atoms with Gasteiger partial charge in [0.2, 0.25) is 0 Å². The summed E-state index contributed by atoms with van der Waals surface area (Å²) in [4.78, 5) is 4.09. The van der Waals surface area contributed by atoms with Gasteiger partial charge < -0.3 is 35.1 Å². The highest BCUT2D eigenvalue weighted by atomic mass is 35.5. The predicted molar refractivity (Wildman–Crippen MR) is 40.6 cm³/mol. The van der Waals surface area contributed by atoms with Gasteiger partial charge in [0.25, 0.3) is 0 Å². The number of hydrogen-bond donors (Lipinski definition) is 1. The Morgan fingerprint density at radius 3 is 2.58 bits per heavy atom. The number of imidazole rings is 1. The van der Waals surface area contributed by atoms with Crippen LogP contribution in [-0.4, -0.2) is 16.1 Å². The molecule has 0 unspecified atom stereocenters. The van der Waals surface area contributed by atoms with Gasteiger partial charge in [0.1, 0.15) is 5.82 Å². The molecule has 1 aromatic heterocycles. The minimum absolute atomic E-state index is 0. The molecule has 0 saturated carbocycles. The molecule has 1 aromatic rings. The van der Waals surface area contributed by atoms with Crippen LogP contribution in [0.2, 0.25) is 0 Å². The van der Waals surface area contributed by atoms with Crippen LogP contribution in [0.15, 0.2) is 12.4 Å². The van der Waals surface area contributed by atoms with E-state index in [4.69, 9.17) is 5.73 Å². The lowest BCUT2D eigenvalue weighted by molar-refractivity contribution is -0.00100. The molecule has 1 heterocycles. The third kappa shape index (κ3) is 3.95. The Morgan fingerprint density at radius 2 is 2.17 bits per heavy atom. The van der Waals surface area contributed by atoms with Gasteiger partial charge in [-0.05, 0) is 19.9 Å². The Bertz CT molecular complexity index is 200. The zero-order valence-corrected chi connectivity index (χ0v) is 8.52. The van der Waals surface area contributed by atoms with Gasteiger partial charge in [0.05, 0.1) is 0 Å². The van der Waals surface area contributed by atoms with E-state index in [1.54, 1.807) is 0 Å². The van der Waals surface area contributed by atoms with Crippen LogP contribution >= 0.6 is 0 Å².